The van der Waals surface area contributed by atoms with Crippen molar-refractivity contribution in [3.05, 3.63) is 24.0 Å². The second-order valence-corrected chi connectivity index (χ2v) is 11.1. The van der Waals surface area contributed by atoms with Crippen LogP contribution in [0.25, 0.3) is 0 Å². The molecule has 0 spiro atoms. The summed E-state index contributed by atoms with van der Waals surface area (Å²) in [7, 11) is -1.15. The molecule has 1 atom stereocenters. The van der Waals surface area contributed by atoms with Crippen molar-refractivity contribution in [1.29, 1.82) is 0 Å². The summed E-state index contributed by atoms with van der Waals surface area (Å²) in [5.41, 5.74) is 1.55. The number of rotatable bonds is 4. The molecule has 2 heterocycles. The third kappa shape index (κ3) is 1.81. The van der Waals surface area contributed by atoms with E-state index in [4.69, 9.17) is 0 Å². The zero-order valence-electron chi connectivity index (χ0n) is 11.7. The molecular formula is C15H27NSi. The second-order valence-electron chi connectivity index (χ2n) is 5.71. The largest absolute Gasteiger partial charge is 0.365 e. The van der Waals surface area contributed by atoms with Gasteiger partial charge in [-0.25, -0.2) is 0 Å². The fourth-order valence-corrected chi connectivity index (χ4v) is 10.6. The van der Waals surface area contributed by atoms with Gasteiger partial charge in [-0.1, -0.05) is 51.7 Å². The normalized spacial score (nSPS) is 28.2. The molecule has 1 saturated heterocycles. The molecule has 0 bridgehead atoms. The Morgan fingerprint density at radius 3 is 2.53 bits per heavy atom. The lowest BCUT2D eigenvalue weighted by molar-refractivity contribution is 0.438. The molecule has 1 fully saturated rings. The minimum atomic E-state index is -1.15. The molecule has 1 aromatic rings. The molecular weight excluding hydrogens is 222 g/mol. The van der Waals surface area contributed by atoms with E-state index in [0.717, 1.165) is 0 Å². The Bertz CT molecular complexity index is 340. The van der Waals surface area contributed by atoms with E-state index in [2.05, 4.69) is 44.1 Å². The van der Waals surface area contributed by atoms with Crippen molar-refractivity contribution in [3.8, 4) is 0 Å². The third-order valence-corrected chi connectivity index (χ3v) is 12.5. The van der Waals surface area contributed by atoms with Gasteiger partial charge in [0.15, 0.2) is 0 Å². The molecule has 1 aromatic heterocycles. The summed E-state index contributed by atoms with van der Waals surface area (Å²) in [6.45, 7) is 7.32. The smallest absolute Gasteiger partial charge is 0.0661 e. The van der Waals surface area contributed by atoms with Gasteiger partial charge in [-0.15, -0.1) is 0 Å². The van der Waals surface area contributed by atoms with Crippen LogP contribution >= 0.6 is 0 Å². The zero-order chi connectivity index (χ0) is 12.4. The van der Waals surface area contributed by atoms with E-state index in [-0.39, 0.29) is 0 Å². The van der Waals surface area contributed by atoms with Crippen LogP contribution in [0.3, 0.4) is 0 Å². The molecule has 0 saturated carbocycles. The Kier molecular flexibility index (Phi) is 3.81. The molecule has 0 amide bonds. The minimum absolute atomic E-state index is 0.540. The fourth-order valence-electron chi connectivity index (χ4n) is 4.47. The van der Waals surface area contributed by atoms with E-state index in [0.29, 0.717) is 5.04 Å². The summed E-state index contributed by atoms with van der Waals surface area (Å²) < 4.78 is 0. The van der Waals surface area contributed by atoms with Crippen LogP contribution in [0.1, 0.15) is 52.1 Å². The molecule has 0 radical (unpaired) electrons. The lowest BCUT2D eigenvalue weighted by Gasteiger charge is -2.52. The van der Waals surface area contributed by atoms with Crippen molar-refractivity contribution in [3.63, 3.8) is 0 Å². The highest BCUT2D eigenvalue weighted by Crippen LogP contribution is 2.50. The van der Waals surface area contributed by atoms with Gasteiger partial charge in [-0.2, -0.15) is 0 Å². The SMILES string of the molecule is CCC1(c2ccc[nH]2)CCCC[Si]1(CC)CC. The molecule has 0 aliphatic carbocycles. The maximum absolute atomic E-state index is 3.56. The molecule has 96 valence electrons. The minimum Gasteiger partial charge on any atom is -0.365 e. The van der Waals surface area contributed by atoms with E-state index in [1.807, 2.05) is 0 Å². The second kappa shape index (κ2) is 5.01. The average molecular weight is 249 g/mol. The molecule has 1 aliphatic rings. The summed E-state index contributed by atoms with van der Waals surface area (Å²) >= 11 is 0. The lowest BCUT2D eigenvalue weighted by Crippen LogP contribution is -2.57. The highest BCUT2D eigenvalue weighted by molar-refractivity contribution is 6.82. The first-order valence-electron chi connectivity index (χ1n) is 7.38. The third-order valence-electron chi connectivity index (χ3n) is 5.59. The van der Waals surface area contributed by atoms with Crippen molar-refractivity contribution in [2.75, 3.05) is 0 Å². The Balaban J connectivity index is 2.48. The summed E-state index contributed by atoms with van der Waals surface area (Å²) in [5.74, 6) is 0. The predicted octanol–water partition coefficient (Wildman–Crippen LogP) is 4.87. The predicted molar refractivity (Wildman–Crippen MR) is 78.1 cm³/mol. The molecule has 1 unspecified atom stereocenters. The first-order valence-corrected chi connectivity index (χ1v) is 10.0. The first kappa shape index (κ1) is 12.9. The maximum atomic E-state index is 3.56. The molecule has 2 heteroatoms. The van der Waals surface area contributed by atoms with E-state index in [1.165, 1.54) is 37.8 Å². The van der Waals surface area contributed by atoms with Crippen LogP contribution in [-0.2, 0) is 5.04 Å². The Morgan fingerprint density at radius 1 is 1.24 bits per heavy atom. The van der Waals surface area contributed by atoms with Gasteiger partial charge in [0.1, 0.15) is 0 Å². The maximum Gasteiger partial charge on any atom is 0.0661 e. The summed E-state index contributed by atoms with van der Waals surface area (Å²) in [6.07, 6.45) is 7.79. The van der Waals surface area contributed by atoms with Crippen LogP contribution in [0.2, 0.25) is 18.1 Å². The Morgan fingerprint density at radius 2 is 2.00 bits per heavy atom. The molecule has 0 aromatic carbocycles. The molecule has 2 rings (SSSR count). The van der Waals surface area contributed by atoms with Crippen LogP contribution in [0.4, 0.5) is 0 Å². The Labute approximate surface area is 107 Å². The lowest BCUT2D eigenvalue weighted by atomic mass is 9.93. The van der Waals surface area contributed by atoms with Crippen LogP contribution in [0.15, 0.2) is 18.3 Å². The van der Waals surface area contributed by atoms with Gasteiger partial charge in [-0.3, -0.25) is 0 Å². The molecule has 1 nitrogen and oxygen atoms in total. The van der Waals surface area contributed by atoms with Gasteiger partial charge in [0, 0.05) is 16.9 Å². The molecule has 1 aliphatic heterocycles. The van der Waals surface area contributed by atoms with Crippen molar-refractivity contribution in [2.45, 2.75) is 69.6 Å². The summed E-state index contributed by atoms with van der Waals surface area (Å²) in [6, 6.07) is 8.99. The van der Waals surface area contributed by atoms with E-state index in [9.17, 15) is 0 Å². The first-order chi connectivity index (χ1) is 8.24. The highest BCUT2D eigenvalue weighted by atomic mass is 28.3. The van der Waals surface area contributed by atoms with Gasteiger partial charge in [0.2, 0.25) is 0 Å². The number of H-pyrrole nitrogens is 1. The number of hydrogen-bond acceptors (Lipinski definition) is 0. The number of hydrogen-bond donors (Lipinski definition) is 1. The molecule has 17 heavy (non-hydrogen) atoms. The van der Waals surface area contributed by atoms with Crippen molar-refractivity contribution < 1.29 is 0 Å². The van der Waals surface area contributed by atoms with Gasteiger partial charge in [0.05, 0.1) is 8.07 Å². The van der Waals surface area contributed by atoms with Crippen molar-refractivity contribution in [1.82, 2.24) is 4.98 Å². The number of nitrogens with one attached hydrogen (secondary N) is 1. The standard InChI is InChI=1S/C15H27NSi/c1-4-15(14-10-9-12-16-14)11-7-8-13-17(15,5-2)6-3/h9-10,12,16H,4-8,11,13H2,1-3H3. The summed E-state index contributed by atoms with van der Waals surface area (Å²) in [5, 5.41) is 0.540. The van der Waals surface area contributed by atoms with Crippen molar-refractivity contribution in [2.24, 2.45) is 0 Å². The van der Waals surface area contributed by atoms with E-state index >= 15 is 0 Å². The van der Waals surface area contributed by atoms with Crippen LogP contribution in [0.5, 0.6) is 0 Å². The van der Waals surface area contributed by atoms with Gasteiger partial charge in [0.25, 0.3) is 0 Å². The van der Waals surface area contributed by atoms with Crippen molar-refractivity contribution >= 4 is 8.07 Å². The quantitative estimate of drug-likeness (QED) is 0.732. The average Bonchev–Trinajstić information content (AvgIpc) is 2.92. The van der Waals surface area contributed by atoms with E-state index in [1.54, 1.807) is 11.7 Å². The van der Waals surface area contributed by atoms with E-state index < -0.39 is 8.07 Å². The monoisotopic (exact) mass is 249 g/mol. The topological polar surface area (TPSA) is 15.8 Å². The van der Waals surface area contributed by atoms with Crippen LogP contribution < -0.4 is 0 Å². The van der Waals surface area contributed by atoms with Gasteiger partial charge >= 0.3 is 0 Å². The number of aromatic nitrogens is 1. The zero-order valence-corrected chi connectivity index (χ0v) is 12.7. The van der Waals surface area contributed by atoms with Gasteiger partial charge < -0.3 is 4.98 Å². The van der Waals surface area contributed by atoms with Crippen LogP contribution in [0, 0.1) is 0 Å². The van der Waals surface area contributed by atoms with Gasteiger partial charge in [-0.05, 0) is 25.0 Å². The fraction of sp³-hybridized carbons (Fsp3) is 0.733. The highest BCUT2D eigenvalue weighted by Gasteiger charge is 2.52. The molecule has 1 N–H and O–H groups in total. The Hall–Kier alpha value is -0.503. The van der Waals surface area contributed by atoms with Crippen LogP contribution in [-0.4, -0.2) is 13.1 Å². The summed E-state index contributed by atoms with van der Waals surface area (Å²) in [4.78, 5) is 3.56. The number of aromatic amines is 1.